The second-order valence-electron chi connectivity index (χ2n) is 6.87. The van der Waals surface area contributed by atoms with Gasteiger partial charge in [-0.1, -0.05) is 36.8 Å². The lowest BCUT2D eigenvalue weighted by Gasteiger charge is -2.42. The molecule has 0 heterocycles. The minimum absolute atomic E-state index is 0.148. The number of hydrogen-bond acceptors (Lipinski definition) is 2. The molecule has 21 heavy (non-hydrogen) atoms. The number of rotatable bonds is 8. The van der Waals surface area contributed by atoms with E-state index in [-0.39, 0.29) is 5.91 Å². The topological polar surface area (TPSA) is 41.1 Å². The average molecular weight is 286 g/mol. The summed E-state index contributed by atoms with van der Waals surface area (Å²) in [6, 6.07) is 10.6. The summed E-state index contributed by atoms with van der Waals surface area (Å²) < 4.78 is 0. The van der Waals surface area contributed by atoms with E-state index in [1.165, 1.54) is 37.7 Å². The highest BCUT2D eigenvalue weighted by Gasteiger charge is 2.37. The maximum absolute atomic E-state index is 11.9. The molecule has 3 rings (SSSR count). The van der Waals surface area contributed by atoms with Gasteiger partial charge in [-0.3, -0.25) is 4.79 Å². The van der Waals surface area contributed by atoms with E-state index in [1.807, 2.05) is 0 Å². The van der Waals surface area contributed by atoms with Crippen LogP contribution in [0.2, 0.25) is 0 Å². The van der Waals surface area contributed by atoms with Crippen molar-refractivity contribution in [1.82, 2.24) is 10.6 Å². The molecule has 1 aromatic rings. The predicted molar refractivity (Wildman–Crippen MR) is 85.0 cm³/mol. The van der Waals surface area contributed by atoms with Gasteiger partial charge in [-0.15, -0.1) is 0 Å². The first kappa shape index (κ1) is 14.6. The first-order chi connectivity index (χ1) is 10.3. The van der Waals surface area contributed by atoms with Crippen LogP contribution in [0.3, 0.4) is 0 Å². The van der Waals surface area contributed by atoms with Crippen molar-refractivity contribution >= 4 is 5.91 Å². The fourth-order valence-corrected chi connectivity index (χ4v) is 3.18. The second kappa shape index (κ2) is 6.61. The lowest BCUT2D eigenvalue weighted by atomic mass is 9.65. The molecule has 0 radical (unpaired) electrons. The molecule has 2 saturated carbocycles. The van der Waals surface area contributed by atoms with Gasteiger partial charge in [-0.25, -0.2) is 0 Å². The summed E-state index contributed by atoms with van der Waals surface area (Å²) in [5.41, 5.74) is 1.69. The van der Waals surface area contributed by atoms with E-state index in [0.717, 1.165) is 25.4 Å². The smallest absolute Gasteiger partial charge is 0.233 e. The molecule has 0 aromatic heterocycles. The van der Waals surface area contributed by atoms with Crippen molar-refractivity contribution in [1.29, 1.82) is 0 Å². The van der Waals surface area contributed by atoms with E-state index >= 15 is 0 Å². The molecular formula is C18H26N2O. The zero-order chi connectivity index (χ0) is 14.5. The normalized spacial score (nSPS) is 19.8. The molecule has 3 heteroatoms. The van der Waals surface area contributed by atoms with E-state index < -0.39 is 0 Å². The summed E-state index contributed by atoms with van der Waals surface area (Å²) in [6.45, 7) is 2.30. The Labute approximate surface area is 127 Å². The minimum atomic E-state index is 0.148. The van der Waals surface area contributed by atoms with E-state index in [1.54, 1.807) is 0 Å². The van der Waals surface area contributed by atoms with Crippen molar-refractivity contribution in [3.05, 3.63) is 35.9 Å². The van der Waals surface area contributed by atoms with Gasteiger partial charge in [-0.2, -0.15) is 0 Å². The molecule has 1 amide bonds. The van der Waals surface area contributed by atoms with Crippen LogP contribution in [0, 0.1) is 11.3 Å². The molecule has 0 saturated heterocycles. The Balaban J connectivity index is 1.42. The van der Waals surface area contributed by atoms with E-state index in [9.17, 15) is 4.79 Å². The number of carbonyl (C=O) groups excluding carboxylic acids is 1. The number of benzene rings is 1. The Morgan fingerprint density at radius 1 is 1.19 bits per heavy atom. The summed E-state index contributed by atoms with van der Waals surface area (Å²) in [5, 5.41) is 6.40. The first-order valence-corrected chi connectivity index (χ1v) is 8.27. The van der Waals surface area contributed by atoms with Crippen LogP contribution < -0.4 is 10.6 Å². The van der Waals surface area contributed by atoms with Crippen LogP contribution in [0.1, 0.15) is 37.7 Å². The van der Waals surface area contributed by atoms with Gasteiger partial charge in [0.25, 0.3) is 0 Å². The molecule has 2 N–H and O–H groups in total. The van der Waals surface area contributed by atoms with Crippen LogP contribution in [0.5, 0.6) is 0 Å². The van der Waals surface area contributed by atoms with Crippen LogP contribution >= 0.6 is 0 Å². The number of carbonyl (C=O) groups is 1. The molecule has 0 bridgehead atoms. The molecule has 114 valence electrons. The van der Waals surface area contributed by atoms with Crippen molar-refractivity contribution < 1.29 is 4.79 Å². The van der Waals surface area contributed by atoms with Gasteiger partial charge in [-0.05, 0) is 55.5 Å². The monoisotopic (exact) mass is 286 g/mol. The Morgan fingerprint density at radius 2 is 1.95 bits per heavy atom. The van der Waals surface area contributed by atoms with Gasteiger partial charge in [0, 0.05) is 6.54 Å². The third kappa shape index (κ3) is 4.31. The van der Waals surface area contributed by atoms with Crippen molar-refractivity contribution in [3.8, 4) is 0 Å². The van der Waals surface area contributed by atoms with Crippen LogP contribution in [-0.4, -0.2) is 25.5 Å². The van der Waals surface area contributed by atoms with Gasteiger partial charge >= 0.3 is 0 Å². The van der Waals surface area contributed by atoms with Crippen LogP contribution in [-0.2, 0) is 11.2 Å². The van der Waals surface area contributed by atoms with E-state index in [2.05, 4.69) is 41.0 Å². The lowest BCUT2D eigenvalue weighted by Crippen LogP contribution is -2.45. The Morgan fingerprint density at radius 3 is 2.57 bits per heavy atom. The van der Waals surface area contributed by atoms with Crippen molar-refractivity contribution in [3.63, 3.8) is 0 Å². The summed E-state index contributed by atoms with van der Waals surface area (Å²) in [6.07, 6.45) is 7.51. The molecule has 0 unspecified atom stereocenters. The minimum Gasteiger partial charge on any atom is -0.354 e. The van der Waals surface area contributed by atoms with Crippen LogP contribution in [0.4, 0.5) is 0 Å². The zero-order valence-electron chi connectivity index (χ0n) is 12.7. The molecular weight excluding hydrogens is 260 g/mol. The van der Waals surface area contributed by atoms with E-state index in [0.29, 0.717) is 12.0 Å². The third-order valence-electron chi connectivity index (χ3n) is 4.91. The molecule has 1 aromatic carbocycles. The maximum Gasteiger partial charge on any atom is 0.233 e. The number of nitrogens with one attached hydrogen (secondary N) is 2. The summed E-state index contributed by atoms with van der Waals surface area (Å²) >= 11 is 0. The fourth-order valence-electron chi connectivity index (χ4n) is 3.18. The van der Waals surface area contributed by atoms with Gasteiger partial charge in [0.05, 0.1) is 6.54 Å². The highest BCUT2D eigenvalue weighted by molar-refractivity contribution is 5.78. The van der Waals surface area contributed by atoms with E-state index in [4.69, 9.17) is 0 Å². The summed E-state index contributed by atoms with van der Waals surface area (Å²) in [7, 11) is 0. The number of hydrogen-bond donors (Lipinski definition) is 2. The Kier molecular flexibility index (Phi) is 4.59. The van der Waals surface area contributed by atoms with Gasteiger partial charge in [0.2, 0.25) is 5.91 Å². The third-order valence-corrected chi connectivity index (χ3v) is 4.91. The molecule has 3 nitrogen and oxygen atoms in total. The largest absolute Gasteiger partial charge is 0.354 e. The van der Waals surface area contributed by atoms with Crippen LogP contribution in [0.25, 0.3) is 0 Å². The van der Waals surface area contributed by atoms with Gasteiger partial charge < -0.3 is 10.6 Å². The van der Waals surface area contributed by atoms with Crippen molar-refractivity contribution in [2.75, 3.05) is 19.6 Å². The molecule has 2 aliphatic carbocycles. The standard InChI is InChI=1S/C18H26N2O/c21-17(13-19-12-16-7-8-16)20-14-18(9-4-10-18)11-15-5-2-1-3-6-15/h1-3,5-6,16,19H,4,7-14H2,(H,20,21). The maximum atomic E-state index is 11.9. The van der Waals surface area contributed by atoms with Gasteiger partial charge in [0.15, 0.2) is 0 Å². The molecule has 0 spiro atoms. The summed E-state index contributed by atoms with van der Waals surface area (Å²) in [5.74, 6) is 0.976. The quantitative estimate of drug-likeness (QED) is 0.771. The zero-order valence-corrected chi connectivity index (χ0v) is 12.7. The molecule has 0 atom stereocenters. The Bertz CT molecular complexity index is 463. The fraction of sp³-hybridized carbons (Fsp3) is 0.611. The Hall–Kier alpha value is -1.35. The highest BCUT2D eigenvalue weighted by atomic mass is 16.1. The SMILES string of the molecule is O=C(CNCC1CC1)NCC1(Cc2ccccc2)CCC1. The van der Waals surface area contributed by atoms with Gasteiger partial charge in [0.1, 0.15) is 0 Å². The summed E-state index contributed by atoms with van der Waals surface area (Å²) in [4.78, 5) is 11.9. The molecule has 0 aliphatic heterocycles. The predicted octanol–water partition coefficient (Wildman–Crippen LogP) is 2.52. The highest BCUT2D eigenvalue weighted by Crippen LogP contribution is 2.43. The van der Waals surface area contributed by atoms with Crippen LogP contribution in [0.15, 0.2) is 30.3 Å². The van der Waals surface area contributed by atoms with Crippen molar-refractivity contribution in [2.24, 2.45) is 11.3 Å². The molecule has 2 fully saturated rings. The van der Waals surface area contributed by atoms with Crippen molar-refractivity contribution in [2.45, 2.75) is 38.5 Å². The lowest BCUT2D eigenvalue weighted by molar-refractivity contribution is -0.121. The first-order valence-electron chi connectivity index (χ1n) is 8.27. The second-order valence-corrected chi connectivity index (χ2v) is 6.87. The number of amides is 1. The average Bonchev–Trinajstić information content (AvgIpc) is 3.27. The molecule has 2 aliphatic rings.